The summed E-state index contributed by atoms with van der Waals surface area (Å²) in [6, 6.07) is 5.45. The molecule has 2 aromatic rings. The Morgan fingerprint density at radius 3 is 3.12 bits per heavy atom. The summed E-state index contributed by atoms with van der Waals surface area (Å²) < 4.78 is 11.0. The van der Waals surface area contributed by atoms with Gasteiger partial charge in [-0.2, -0.15) is 0 Å². The molecule has 84 valence electrons. The number of ether oxygens (including phenoxy) is 1. The van der Waals surface area contributed by atoms with E-state index < -0.39 is 0 Å². The van der Waals surface area contributed by atoms with Gasteiger partial charge in [0.1, 0.15) is 12.1 Å². The molecule has 0 spiro atoms. The molecule has 2 N–H and O–H groups in total. The summed E-state index contributed by atoms with van der Waals surface area (Å²) >= 11 is 0. The maximum absolute atomic E-state index is 5.67. The standard InChI is InChI=1S/C12H14N2O2/c13-9-3-4-11-10(5-9)14-12(16-11)7-15-6-8-1-2-8/h3-5,8H,1-2,6-7,13H2. The van der Waals surface area contributed by atoms with Crippen LogP contribution in [0.3, 0.4) is 0 Å². The molecule has 1 aromatic heterocycles. The van der Waals surface area contributed by atoms with Crippen molar-refractivity contribution in [2.45, 2.75) is 19.4 Å². The first-order valence-corrected chi connectivity index (χ1v) is 5.54. The molecule has 1 aliphatic rings. The molecule has 1 aromatic carbocycles. The van der Waals surface area contributed by atoms with Crippen molar-refractivity contribution in [3.05, 3.63) is 24.1 Å². The quantitative estimate of drug-likeness (QED) is 0.800. The average molecular weight is 218 g/mol. The van der Waals surface area contributed by atoms with Crippen LogP contribution in [0.1, 0.15) is 18.7 Å². The van der Waals surface area contributed by atoms with Gasteiger partial charge in [-0.25, -0.2) is 4.98 Å². The number of fused-ring (bicyclic) bond motifs is 1. The molecule has 0 unspecified atom stereocenters. The Bertz CT molecular complexity index is 503. The number of hydrogen-bond acceptors (Lipinski definition) is 4. The number of nitrogens with two attached hydrogens (primary N) is 1. The number of rotatable bonds is 4. The molecule has 0 amide bonds. The normalized spacial score (nSPS) is 15.8. The lowest BCUT2D eigenvalue weighted by molar-refractivity contribution is 0.0950. The zero-order valence-electron chi connectivity index (χ0n) is 8.98. The van der Waals surface area contributed by atoms with Crippen molar-refractivity contribution in [1.29, 1.82) is 0 Å². The summed E-state index contributed by atoms with van der Waals surface area (Å²) in [6.45, 7) is 1.27. The summed E-state index contributed by atoms with van der Waals surface area (Å²) in [5.74, 6) is 1.39. The SMILES string of the molecule is Nc1ccc2oc(COCC3CC3)nc2c1. The Kier molecular flexibility index (Phi) is 2.29. The van der Waals surface area contributed by atoms with Crippen LogP contribution in [0.4, 0.5) is 5.69 Å². The van der Waals surface area contributed by atoms with Crippen molar-refractivity contribution in [2.24, 2.45) is 5.92 Å². The molecule has 4 nitrogen and oxygen atoms in total. The monoisotopic (exact) mass is 218 g/mol. The zero-order valence-corrected chi connectivity index (χ0v) is 8.98. The van der Waals surface area contributed by atoms with Gasteiger partial charge < -0.3 is 14.9 Å². The van der Waals surface area contributed by atoms with Crippen LogP contribution in [0.5, 0.6) is 0 Å². The predicted octanol–water partition coefficient (Wildman–Crippen LogP) is 2.34. The third-order valence-corrected chi connectivity index (χ3v) is 2.73. The van der Waals surface area contributed by atoms with Gasteiger partial charge in [0.05, 0.1) is 6.61 Å². The van der Waals surface area contributed by atoms with E-state index in [4.69, 9.17) is 14.9 Å². The van der Waals surface area contributed by atoms with Gasteiger partial charge in [0, 0.05) is 5.69 Å². The van der Waals surface area contributed by atoms with Crippen LogP contribution in [-0.2, 0) is 11.3 Å². The molecule has 3 rings (SSSR count). The summed E-state index contributed by atoms with van der Waals surface area (Å²) in [4.78, 5) is 4.32. The van der Waals surface area contributed by atoms with E-state index in [-0.39, 0.29) is 0 Å². The molecule has 1 heterocycles. The second-order valence-corrected chi connectivity index (χ2v) is 4.29. The molecule has 1 saturated carbocycles. The molecule has 4 heteroatoms. The summed E-state index contributed by atoms with van der Waals surface area (Å²) in [5, 5.41) is 0. The van der Waals surface area contributed by atoms with Crippen LogP contribution in [0, 0.1) is 5.92 Å². The van der Waals surface area contributed by atoms with Gasteiger partial charge in [-0.05, 0) is 37.0 Å². The molecule has 1 fully saturated rings. The number of nitrogen functional groups attached to an aromatic ring is 1. The number of anilines is 1. The fraction of sp³-hybridized carbons (Fsp3) is 0.417. The third kappa shape index (κ3) is 2.02. The lowest BCUT2D eigenvalue weighted by Crippen LogP contribution is -1.96. The van der Waals surface area contributed by atoms with E-state index in [1.165, 1.54) is 12.8 Å². The first-order chi connectivity index (χ1) is 7.81. The minimum Gasteiger partial charge on any atom is -0.438 e. The number of aromatic nitrogens is 1. The molecule has 0 radical (unpaired) electrons. The van der Waals surface area contributed by atoms with Gasteiger partial charge in [-0.3, -0.25) is 0 Å². The number of hydrogen-bond donors (Lipinski definition) is 1. The van der Waals surface area contributed by atoms with E-state index >= 15 is 0 Å². The third-order valence-electron chi connectivity index (χ3n) is 2.73. The van der Waals surface area contributed by atoms with E-state index in [9.17, 15) is 0 Å². The van der Waals surface area contributed by atoms with E-state index in [0.29, 0.717) is 18.2 Å². The van der Waals surface area contributed by atoms with Crippen molar-refractivity contribution >= 4 is 16.8 Å². The fourth-order valence-electron chi connectivity index (χ4n) is 1.65. The minimum absolute atomic E-state index is 0.449. The molecule has 16 heavy (non-hydrogen) atoms. The first-order valence-electron chi connectivity index (χ1n) is 5.54. The van der Waals surface area contributed by atoms with Gasteiger partial charge in [0.2, 0.25) is 5.89 Å². The topological polar surface area (TPSA) is 61.3 Å². The van der Waals surface area contributed by atoms with Gasteiger partial charge in [0.25, 0.3) is 0 Å². The Balaban J connectivity index is 1.71. The van der Waals surface area contributed by atoms with E-state index in [1.807, 2.05) is 18.2 Å². The van der Waals surface area contributed by atoms with E-state index in [1.54, 1.807) is 0 Å². The molecule has 0 saturated heterocycles. The highest BCUT2D eigenvalue weighted by molar-refractivity contribution is 5.76. The van der Waals surface area contributed by atoms with Gasteiger partial charge >= 0.3 is 0 Å². The predicted molar refractivity (Wildman–Crippen MR) is 60.8 cm³/mol. The fourth-order valence-corrected chi connectivity index (χ4v) is 1.65. The van der Waals surface area contributed by atoms with Crippen LogP contribution in [0.2, 0.25) is 0 Å². The molecule has 1 aliphatic carbocycles. The van der Waals surface area contributed by atoms with Gasteiger partial charge in [-0.15, -0.1) is 0 Å². The molecule has 0 atom stereocenters. The van der Waals surface area contributed by atoms with Crippen LogP contribution < -0.4 is 5.73 Å². The van der Waals surface area contributed by atoms with Crippen molar-refractivity contribution in [1.82, 2.24) is 4.98 Å². The summed E-state index contributed by atoms with van der Waals surface area (Å²) in [5.41, 5.74) is 7.93. The van der Waals surface area contributed by atoms with Crippen LogP contribution in [0.25, 0.3) is 11.1 Å². The average Bonchev–Trinajstić information content (AvgIpc) is 2.98. The van der Waals surface area contributed by atoms with Crippen molar-refractivity contribution in [2.75, 3.05) is 12.3 Å². The molecule has 0 bridgehead atoms. The summed E-state index contributed by atoms with van der Waals surface area (Å²) in [7, 11) is 0. The highest BCUT2D eigenvalue weighted by Gasteiger charge is 2.21. The first kappa shape index (κ1) is 9.66. The second kappa shape index (κ2) is 3.79. The number of nitrogens with zero attached hydrogens (tertiary/aromatic N) is 1. The molecular formula is C12H14N2O2. The molecular weight excluding hydrogens is 204 g/mol. The lowest BCUT2D eigenvalue weighted by Gasteiger charge is -1.97. The largest absolute Gasteiger partial charge is 0.438 e. The smallest absolute Gasteiger partial charge is 0.221 e. The zero-order chi connectivity index (χ0) is 11.0. The van der Waals surface area contributed by atoms with Crippen LogP contribution >= 0.6 is 0 Å². The Labute approximate surface area is 93.4 Å². The molecule has 0 aliphatic heterocycles. The van der Waals surface area contributed by atoms with Gasteiger partial charge in [0.15, 0.2) is 5.58 Å². The number of oxazole rings is 1. The minimum atomic E-state index is 0.449. The summed E-state index contributed by atoms with van der Waals surface area (Å²) in [6.07, 6.45) is 2.59. The lowest BCUT2D eigenvalue weighted by atomic mass is 10.3. The van der Waals surface area contributed by atoms with Gasteiger partial charge in [-0.1, -0.05) is 0 Å². The maximum atomic E-state index is 5.67. The Hall–Kier alpha value is -1.55. The Morgan fingerprint density at radius 1 is 1.44 bits per heavy atom. The van der Waals surface area contributed by atoms with Crippen molar-refractivity contribution < 1.29 is 9.15 Å². The second-order valence-electron chi connectivity index (χ2n) is 4.29. The Morgan fingerprint density at radius 2 is 2.31 bits per heavy atom. The van der Waals surface area contributed by atoms with E-state index in [0.717, 1.165) is 23.6 Å². The van der Waals surface area contributed by atoms with Crippen molar-refractivity contribution in [3.63, 3.8) is 0 Å². The highest BCUT2D eigenvalue weighted by atomic mass is 16.5. The maximum Gasteiger partial charge on any atom is 0.221 e. The highest BCUT2D eigenvalue weighted by Crippen LogP contribution is 2.29. The number of benzene rings is 1. The van der Waals surface area contributed by atoms with Crippen molar-refractivity contribution in [3.8, 4) is 0 Å². The van der Waals surface area contributed by atoms with Crippen LogP contribution in [0.15, 0.2) is 22.6 Å². The van der Waals surface area contributed by atoms with E-state index in [2.05, 4.69) is 4.98 Å². The van der Waals surface area contributed by atoms with Crippen LogP contribution in [-0.4, -0.2) is 11.6 Å².